The first-order valence-electron chi connectivity index (χ1n) is 13.9. The van der Waals surface area contributed by atoms with Gasteiger partial charge in [-0.05, 0) is 84.3 Å². The second-order valence-corrected chi connectivity index (χ2v) is 12.0. The molecule has 1 fully saturated rings. The van der Waals surface area contributed by atoms with E-state index in [9.17, 15) is 9.18 Å². The van der Waals surface area contributed by atoms with Crippen LogP contribution in [0.2, 0.25) is 0 Å². The molecule has 1 saturated carbocycles. The van der Waals surface area contributed by atoms with Crippen molar-refractivity contribution in [3.8, 4) is 11.5 Å². The van der Waals surface area contributed by atoms with Crippen LogP contribution in [0.25, 0.3) is 0 Å². The predicted octanol–water partition coefficient (Wildman–Crippen LogP) is 7.43. The molecule has 1 atom stereocenters. The summed E-state index contributed by atoms with van der Waals surface area (Å²) in [7, 11) is 1.59. The highest BCUT2D eigenvalue weighted by Crippen LogP contribution is 2.43. The molecule has 11 heteroatoms. The Bertz CT molecular complexity index is 1440. The van der Waals surface area contributed by atoms with Crippen molar-refractivity contribution in [2.24, 2.45) is 0 Å². The highest BCUT2D eigenvalue weighted by Gasteiger charge is 2.37. The van der Waals surface area contributed by atoms with Crippen molar-refractivity contribution >= 4 is 39.6 Å². The van der Waals surface area contributed by atoms with Gasteiger partial charge in [0.05, 0.1) is 23.8 Å². The topological polar surface area (TPSA) is 87.5 Å². The fourth-order valence-electron chi connectivity index (χ4n) is 5.16. The molecule has 1 aliphatic carbocycles. The summed E-state index contributed by atoms with van der Waals surface area (Å²) in [5, 5.41) is 8.49. The van der Waals surface area contributed by atoms with Crippen molar-refractivity contribution in [1.29, 1.82) is 0 Å². The number of carbonyl (C=O) groups excluding carboxylic acids is 1. The molecule has 1 aromatic heterocycles. The van der Waals surface area contributed by atoms with E-state index in [1.165, 1.54) is 17.8 Å². The van der Waals surface area contributed by atoms with Crippen molar-refractivity contribution in [3.05, 3.63) is 69.1 Å². The molecule has 5 rings (SSSR count). The highest BCUT2D eigenvalue weighted by atomic mass is 79.9. The Hall–Kier alpha value is -3.05. The molecular weight excluding hydrogens is 611 g/mol. The minimum atomic E-state index is -0.636. The number of thioether (sulfide) groups is 1. The SMILES string of the molecule is CCCOc1c(Br)cc(C2C(C(=O)OC3CCCCC3)=C(C)Nc3nc(SCc4ccccc4F)nn32)cc1OC. The number of esters is 1. The maximum Gasteiger partial charge on any atom is 0.338 e. The molecule has 2 aliphatic rings. The lowest BCUT2D eigenvalue weighted by Gasteiger charge is -2.30. The van der Waals surface area contributed by atoms with Crippen LogP contribution in [0, 0.1) is 5.82 Å². The fraction of sp³-hybridized carbons (Fsp3) is 0.433. The van der Waals surface area contributed by atoms with Gasteiger partial charge in [-0.1, -0.05) is 43.3 Å². The number of rotatable bonds is 10. The van der Waals surface area contributed by atoms with Crippen molar-refractivity contribution in [2.75, 3.05) is 19.0 Å². The van der Waals surface area contributed by atoms with Crippen molar-refractivity contribution in [1.82, 2.24) is 14.8 Å². The van der Waals surface area contributed by atoms with Gasteiger partial charge in [0.15, 0.2) is 11.5 Å². The van der Waals surface area contributed by atoms with Gasteiger partial charge in [0.25, 0.3) is 0 Å². The first-order valence-corrected chi connectivity index (χ1v) is 15.7. The third-order valence-electron chi connectivity index (χ3n) is 7.21. The Morgan fingerprint density at radius 1 is 1.22 bits per heavy atom. The number of nitrogens with one attached hydrogen (secondary N) is 1. The minimum absolute atomic E-state index is 0.104. The number of fused-ring (bicyclic) bond motifs is 1. The molecule has 1 aliphatic heterocycles. The van der Waals surface area contributed by atoms with E-state index >= 15 is 0 Å². The van der Waals surface area contributed by atoms with E-state index in [4.69, 9.17) is 19.3 Å². The summed E-state index contributed by atoms with van der Waals surface area (Å²) in [6.07, 6.45) is 5.74. The van der Waals surface area contributed by atoms with Crippen LogP contribution in [0.15, 0.2) is 57.3 Å². The van der Waals surface area contributed by atoms with E-state index in [2.05, 4.69) is 26.2 Å². The molecule has 8 nitrogen and oxygen atoms in total. The zero-order valence-corrected chi connectivity index (χ0v) is 25.8. The summed E-state index contributed by atoms with van der Waals surface area (Å²) in [4.78, 5) is 18.5. The molecule has 2 heterocycles. The summed E-state index contributed by atoms with van der Waals surface area (Å²) in [6.45, 7) is 4.42. The summed E-state index contributed by atoms with van der Waals surface area (Å²) in [6, 6.07) is 9.81. The number of carbonyl (C=O) groups is 1. The van der Waals surface area contributed by atoms with Crippen molar-refractivity contribution in [3.63, 3.8) is 0 Å². The average molecular weight is 646 g/mol. The quantitative estimate of drug-likeness (QED) is 0.180. The first kappa shape index (κ1) is 29.4. The van der Waals surface area contributed by atoms with Gasteiger partial charge < -0.3 is 19.5 Å². The van der Waals surface area contributed by atoms with Crippen molar-refractivity contribution < 1.29 is 23.4 Å². The number of allylic oxidation sites excluding steroid dienone is 1. The monoisotopic (exact) mass is 644 g/mol. The van der Waals surface area contributed by atoms with Gasteiger partial charge in [0.2, 0.25) is 11.1 Å². The number of hydrogen-bond donors (Lipinski definition) is 1. The van der Waals surface area contributed by atoms with Crippen LogP contribution in [-0.4, -0.2) is 40.6 Å². The van der Waals surface area contributed by atoms with E-state index in [0.717, 1.165) is 44.1 Å². The maximum atomic E-state index is 14.2. The lowest BCUT2D eigenvalue weighted by molar-refractivity contribution is -0.146. The number of anilines is 1. The average Bonchev–Trinajstić information content (AvgIpc) is 3.37. The second-order valence-electron chi connectivity index (χ2n) is 10.2. The Kier molecular flexibility index (Phi) is 9.54. The van der Waals surface area contributed by atoms with Crippen LogP contribution in [-0.2, 0) is 15.3 Å². The summed E-state index contributed by atoms with van der Waals surface area (Å²) < 4.78 is 34.3. The molecule has 0 amide bonds. The van der Waals surface area contributed by atoms with E-state index in [1.807, 2.05) is 26.0 Å². The van der Waals surface area contributed by atoms with Gasteiger partial charge in [0.1, 0.15) is 18.0 Å². The zero-order chi connectivity index (χ0) is 28.9. The molecule has 218 valence electrons. The molecule has 2 aromatic carbocycles. The number of nitrogens with zero attached hydrogens (tertiary/aromatic N) is 3. The van der Waals surface area contributed by atoms with Gasteiger partial charge in [-0.2, -0.15) is 4.98 Å². The van der Waals surface area contributed by atoms with Crippen molar-refractivity contribution in [2.45, 2.75) is 75.4 Å². The predicted molar refractivity (Wildman–Crippen MR) is 160 cm³/mol. The molecule has 0 spiro atoms. The van der Waals surface area contributed by atoms with E-state index in [1.54, 1.807) is 30.0 Å². The zero-order valence-electron chi connectivity index (χ0n) is 23.4. The van der Waals surface area contributed by atoms with Gasteiger partial charge >= 0.3 is 5.97 Å². The van der Waals surface area contributed by atoms with Crippen LogP contribution in [0.1, 0.15) is 69.5 Å². The van der Waals surface area contributed by atoms with Crippen LogP contribution >= 0.6 is 27.7 Å². The Morgan fingerprint density at radius 3 is 2.73 bits per heavy atom. The number of methoxy groups -OCH3 is 1. The third kappa shape index (κ3) is 6.56. The molecule has 1 unspecified atom stereocenters. The molecule has 3 aromatic rings. The minimum Gasteiger partial charge on any atom is -0.493 e. The molecule has 0 bridgehead atoms. The van der Waals surface area contributed by atoms with Crippen LogP contribution in [0.3, 0.4) is 0 Å². The highest BCUT2D eigenvalue weighted by molar-refractivity contribution is 9.10. The molecular formula is C30H34BrFN4O4S. The van der Waals surface area contributed by atoms with Gasteiger partial charge in [-0.3, -0.25) is 0 Å². The van der Waals surface area contributed by atoms with Crippen LogP contribution < -0.4 is 14.8 Å². The molecule has 41 heavy (non-hydrogen) atoms. The summed E-state index contributed by atoms with van der Waals surface area (Å²) in [5.41, 5.74) is 2.42. The van der Waals surface area contributed by atoms with E-state index in [0.29, 0.717) is 56.3 Å². The molecule has 0 radical (unpaired) electrons. The van der Waals surface area contributed by atoms with Gasteiger partial charge in [0, 0.05) is 11.4 Å². The second kappa shape index (κ2) is 13.3. The van der Waals surface area contributed by atoms with Gasteiger partial charge in [-0.15, -0.1) is 5.10 Å². The molecule has 0 saturated heterocycles. The van der Waals surface area contributed by atoms with E-state index < -0.39 is 6.04 Å². The maximum absolute atomic E-state index is 14.2. The third-order valence-corrected chi connectivity index (χ3v) is 8.69. The largest absolute Gasteiger partial charge is 0.493 e. The van der Waals surface area contributed by atoms with Crippen LogP contribution in [0.4, 0.5) is 10.3 Å². The van der Waals surface area contributed by atoms with E-state index in [-0.39, 0.29) is 17.9 Å². The number of aromatic nitrogens is 3. The standard InChI is InChI=1S/C30H34BrFN4O4S/c1-4-14-39-27-22(31)15-20(16-24(27)38-3)26-25(28(37)40-21-11-6-5-7-12-21)18(2)33-29-34-30(35-36(26)29)41-17-19-10-8-9-13-23(19)32/h8-10,13,15-16,21,26H,4-7,11-12,14,17H2,1-3H3,(H,33,34,35). The number of hydrogen-bond acceptors (Lipinski definition) is 8. The normalized spacial score (nSPS) is 17.1. The fourth-order valence-corrected chi connectivity index (χ4v) is 6.55. The number of benzene rings is 2. The first-order chi connectivity index (χ1) is 19.9. The lowest BCUT2D eigenvalue weighted by Crippen LogP contribution is -2.32. The Morgan fingerprint density at radius 2 is 2.00 bits per heavy atom. The summed E-state index contributed by atoms with van der Waals surface area (Å²) >= 11 is 4.98. The summed E-state index contributed by atoms with van der Waals surface area (Å²) in [5.74, 6) is 1.34. The lowest BCUT2D eigenvalue weighted by atomic mass is 9.94. The van der Waals surface area contributed by atoms with Crippen LogP contribution in [0.5, 0.6) is 11.5 Å². The smallest absolute Gasteiger partial charge is 0.338 e. The Balaban J connectivity index is 1.53. The van der Waals surface area contributed by atoms with Gasteiger partial charge in [-0.25, -0.2) is 13.9 Å². The molecule has 1 N–H and O–H groups in total. The Labute approximate surface area is 252 Å². The number of halogens is 2. The number of ether oxygens (including phenoxy) is 3.